The molecule has 3 heterocycles. The van der Waals surface area contributed by atoms with Gasteiger partial charge in [-0.05, 0) is 92.8 Å². The van der Waals surface area contributed by atoms with Gasteiger partial charge in [0.1, 0.15) is 5.82 Å². The summed E-state index contributed by atoms with van der Waals surface area (Å²) in [5.41, 5.74) is 9.18. The fourth-order valence-electron chi connectivity index (χ4n) is 9.96. The lowest BCUT2D eigenvalue weighted by Gasteiger charge is -2.59. The summed E-state index contributed by atoms with van der Waals surface area (Å²) in [5.74, 6) is 1.27. The summed E-state index contributed by atoms with van der Waals surface area (Å²) >= 11 is 0. The molecule has 6 nitrogen and oxygen atoms in total. The summed E-state index contributed by atoms with van der Waals surface area (Å²) in [6.07, 6.45) is 11.1. The zero-order valence-corrected chi connectivity index (χ0v) is 21.9. The molecule has 1 aromatic heterocycles. The summed E-state index contributed by atoms with van der Waals surface area (Å²) in [6.45, 7) is 2.44. The molecule has 0 amide bonds. The van der Waals surface area contributed by atoms with Crippen LogP contribution in [0.4, 0.5) is 5.82 Å². The average Bonchev–Trinajstić information content (AvgIpc) is 3.40. The van der Waals surface area contributed by atoms with Crippen molar-refractivity contribution in [2.45, 2.75) is 74.9 Å². The topological polar surface area (TPSA) is 91.8 Å². The predicted molar refractivity (Wildman–Crippen MR) is 143 cm³/mol. The Morgan fingerprint density at radius 2 is 1.92 bits per heavy atom. The zero-order valence-electron chi connectivity index (χ0n) is 21.9. The van der Waals surface area contributed by atoms with Gasteiger partial charge in [-0.1, -0.05) is 31.2 Å². The van der Waals surface area contributed by atoms with E-state index >= 15 is 0 Å². The summed E-state index contributed by atoms with van der Waals surface area (Å²) in [7, 11) is 4.02. The fourth-order valence-corrected chi connectivity index (χ4v) is 9.96. The Morgan fingerprint density at radius 1 is 1.08 bits per heavy atom. The van der Waals surface area contributed by atoms with E-state index in [1.807, 2.05) is 26.4 Å². The van der Waals surface area contributed by atoms with Crippen LogP contribution in [0.15, 0.2) is 48.2 Å². The van der Waals surface area contributed by atoms with Crippen molar-refractivity contribution in [1.82, 2.24) is 9.88 Å². The SMILES string of the molecule is CN(C)[C@H]1C[C@@]23CC[C@@]4(O2)C(=CC[C@]2(C)C(c5ccc6cnc(N)cc6c5)=CCC24)C2CC23[C@@H](O)[C@@H]1O. The molecule has 8 rings (SSSR count). The number of hydrogen-bond acceptors (Lipinski definition) is 6. The molecule has 2 bridgehead atoms. The third-order valence-corrected chi connectivity index (χ3v) is 11.7. The number of nitrogens with two attached hydrogens (primary N) is 1. The summed E-state index contributed by atoms with van der Waals surface area (Å²) in [5, 5.41) is 24.9. The first-order valence-corrected chi connectivity index (χ1v) is 13.9. The number of anilines is 1. The molecule has 6 aliphatic rings. The highest BCUT2D eigenvalue weighted by atomic mass is 16.5. The summed E-state index contributed by atoms with van der Waals surface area (Å²) in [4.78, 5) is 6.33. The Kier molecular flexibility index (Phi) is 4.20. The number of nitrogen functional groups attached to an aromatic ring is 1. The number of rotatable bonds is 2. The normalized spacial score (nSPS) is 47.1. The number of hydrogen-bond donors (Lipinski definition) is 3. The van der Waals surface area contributed by atoms with Crippen LogP contribution in [0.1, 0.15) is 51.0 Å². The van der Waals surface area contributed by atoms with Gasteiger partial charge in [-0.25, -0.2) is 4.98 Å². The third kappa shape index (κ3) is 2.50. The van der Waals surface area contributed by atoms with Gasteiger partial charge in [-0.15, -0.1) is 0 Å². The Balaban J connectivity index is 1.21. The van der Waals surface area contributed by atoms with Crippen LogP contribution in [0, 0.1) is 22.7 Å². The second-order valence-corrected chi connectivity index (χ2v) is 13.3. The monoisotopic (exact) mass is 499 g/mol. The first-order chi connectivity index (χ1) is 17.7. The predicted octanol–water partition coefficient (Wildman–Crippen LogP) is 3.92. The molecule has 2 aliphatic heterocycles. The molecule has 1 aromatic carbocycles. The highest BCUT2D eigenvalue weighted by molar-refractivity contribution is 5.88. The van der Waals surface area contributed by atoms with E-state index in [0.717, 1.165) is 49.3 Å². The number of pyridine rings is 1. The van der Waals surface area contributed by atoms with E-state index in [1.165, 1.54) is 16.7 Å². The molecular formula is C31H37N3O3. The molecule has 0 radical (unpaired) electrons. The van der Waals surface area contributed by atoms with Crippen LogP contribution in [0.2, 0.25) is 0 Å². The van der Waals surface area contributed by atoms with Gasteiger partial charge in [0.15, 0.2) is 0 Å². The quantitative estimate of drug-likeness (QED) is 0.543. The van der Waals surface area contributed by atoms with Crippen LogP contribution in [-0.4, -0.2) is 63.6 Å². The maximum Gasteiger partial charge on any atom is 0.123 e. The van der Waals surface area contributed by atoms with Crippen LogP contribution in [0.3, 0.4) is 0 Å². The minimum Gasteiger partial charge on any atom is -0.390 e. The Morgan fingerprint density at radius 3 is 2.73 bits per heavy atom. The number of likely N-dealkylation sites (N-methyl/N-ethyl adjacent to an activating group) is 1. The van der Waals surface area contributed by atoms with Gasteiger partial charge in [0, 0.05) is 34.4 Å². The van der Waals surface area contributed by atoms with Crippen molar-refractivity contribution >= 4 is 22.2 Å². The zero-order chi connectivity index (χ0) is 25.5. The van der Waals surface area contributed by atoms with Gasteiger partial charge < -0.3 is 25.6 Å². The van der Waals surface area contributed by atoms with Crippen LogP contribution < -0.4 is 5.73 Å². The maximum absolute atomic E-state index is 11.5. The lowest BCUT2D eigenvalue weighted by Crippen LogP contribution is -2.67. The first kappa shape index (κ1) is 22.7. The second-order valence-electron chi connectivity index (χ2n) is 13.3. The molecule has 3 spiro atoms. The van der Waals surface area contributed by atoms with E-state index in [9.17, 15) is 10.2 Å². The van der Waals surface area contributed by atoms with E-state index in [4.69, 9.17) is 10.5 Å². The summed E-state index contributed by atoms with van der Waals surface area (Å²) < 4.78 is 7.45. The van der Waals surface area contributed by atoms with E-state index < -0.39 is 12.2 Å². The van der Waals surface area contributed by atoms with Gasteiger partial charge in [-0.2, -0.15) is 0 Å². The molecule has 194 valence electrons. The number of ether oxygens (including phenoxy) is 1. The van der Waals surface area contributed by atoms with E-state index in [2.05, 4.69) is 47.2 Å². The minimum atomic E-state index is -0.735. The van der Waals surface area contributed by atoms with Gasteiger partial charge in [0.25, 0.3) is 0 Å². The molecular weight excluding hydrogens is 462 g/mol. The van der Waals surface area contributed by atoms with Crippen molar-refractivity contribution in [2.75, 3.05) is 19.8 Å². The van der Waals surface area contributed by atoms with Crippen molar-refractivity contribution in [2.24, 2.45) is 22.7 Å². The van der Waals surface area contributed by atoms with Gasteiger partial charge in [0.2, 0.25) is 0 Å². The number of allylic oxidation sites excluding steroid dienone is 3. The standard InChI is InChI=1S/C31H37N3O3/c1-28-9-8-21-22-14-30(22)27(36)26(35)23(34(2)3)15-29(30)10-11-31(21,37-29)24(28)7-6-20(28)17-4-5-18-16-33-25(32)13-19(18)12-17/h4-6,8,12-13,16,22-24,26-27,35-36H,7,9-11,14-15H2,1-3H3,(H2,32,33)/t22?,23-,24?,26+,27-,28+,29+,30?,31+/m0/s1. The van der Waals surface area contributed by atoms with Crippen molar-refractivity contribution in [3.63, 3.8) is 0 Å². The number of aliphatic hydroxyl groups is 2. The smallest absolute Gasteiger partial charge is 0.123 e. The number of fused-ring (bicyclic) bond motifs is 3. The van der Waals surface area contributed by atoms with Crippen LogP contribution in [0.5, 0.6) is 0 Å². The third-order valence-electron chi connectivity index (χ3n) is 11.7. The molecule has 2 saturated heterocycles. The van der Waals surface area contributed by atoms with Crippen LogP contribution >= 0.6 is 0 Å². The Bertz CT molecular complexity index is 1420. The molecule has 37 heavy (non-hydrogen) atoms. The van der Waals surface area contributed by atoms with Crippen molar-refractivity contribution in [1.29, 1.82) is 0 Å². The van der Waals surface area contributed by atoms with Gasteiger partial charge >= 0.3 is 0 Å². The highest BCUT2D eigenvalue weighted by Gasteiger charge is 2.84. The average molecular weight is 500 g/mol. The van der Waals surface area contributed by atoms with Crippen LogP contribution in [-0.2, 0) is 4.74 Å². The molecule has 2 aromatic rings. The van der Waals surface area contributed by atoms with E-state index in [1.54, 1.807) is 0 Å². The second kappa shape index (κ2) is 6.84. The van der Waals surface area contributed by atoms with Crippen molar-refractivity contribution in [3.05, 3.63) is 53.8 Å². The molecule has 4 fully saturated rings. The molecule has 4 aliphatic carbocycles. The van der Waals surface area contributed by atoms with E-state index in [-0.39, 0.29) is 28.1 Å². The van der Waals surface area contributed by atoms with Crippen molar-refractivity contribution in [3.8, 4) is 0 Å². The largest absolute Gasteiger partial charge is 0.390 e. The van der Waals surface area contributed by atoms with E-state index in [0.29, 0.717) is 17.7 Å². The summed E-state index contributed by atoms with van der Waals surface area (Å²) in [6, 6.07) is 8.55. The molecule has 9 atom stereocenters. The minimum absolute atomic E-state index is 0.0100. The highest BCUT2D eigenvalue weighted by Crippen LogP contribution is 2.81. The molecule has 4 N–H and O–H groups in total. The number of aliphatic hydroxyl groups excluding tert-OH is 2. The van der Waals surface area contributed by atoms with Gasteiger partial charge in [-0.3, -0.25) is 0 Å². The van der Waals surface area contributed by atoms with Crippen molar-refractivity contribution < 1.29 is 14.9 Å². The fraction of sp³-hybridized carbons (Fsp3) is 0.581. The molecule has 3 unspecified atom stereocenters. The Hall–Kier alpha value is -2.25. The Labute approximate surface area is 218 Å². The van der Waals surface area contributed by atoms with Gasteiger partial charge in [0.05, 0.1) is 23.4 Å². The molecule has 6 heteroatoms. The first-order valence-electron chi connectivity index (χ1n) is 13.9. The number of nitrogens with zero attached hydrogens (tertiary/aromatic N) is 2. The van der Waals surface area contributed by atoms with Crippen LogP contribution in [0.25, 0.3) is 16.3 Å². The maximum atomic E-state index is 11.5. The lowest BCUT2D eigenvalue weighted by atomic mass is 9.57. The number of benzene rings is 1. The molecule has 2 saturated carbocycles. The lowest BCUT2D eigenvalue weighted by molar-refractivity contribution is -0.248. The number of aromatic nitrogens is 1.